The molecule has 0 aliphatic heterocycles. The summed E-state index contributed by atoms with van der Waals surface area (Å²) in [7, 11) is 0. The van der Waals surface area contributed by atoms with Crippen LogP contribution in [-0.2, 0) is 16.9 Å². The van der Waals surface area contributed by atoms with Gasteiger partial charge < -0.3 is 15.4 Å². The Hall–Kier alpha value is -3.20. The Morgan fingerprint density at radius 2 is 1.95 bits per heavy atom. The molecule has 7 rings (SSSR count). The van der Waals surface area contributed by atoms with E-state index in [1.807, 2.05) is 34.6 Å². The molecule has 4 saturated carbocycles. The van der Waals surface area contributed by atoms with Crippen LogP contribution < -0.4 is 5.32 Å². The number of hydrogen-bond donors (Lipinski definition) is 1. The van der Waals surface area contributed by atoms with E-state index in [4.69, 9.17) is 11.6 Å². The second kappa shape index (κ2) is 8.68. The first-order chi connectivity index (χ1) is 17.7. The molecule has 10 heteroatoms. The van der Waals surface area contributed by atoms with Crippen molar-refractivity contribution >= 4 is 29.0 Å². The predicted molar refractivity (Wildman–Crippen MR) is 139 cm³/mol. The summed E-state index contributed by atoms with van der Waals surface area (Å²) in [5.41, 5.74) is 3.30. The summed E-state index contributed by atoms with van der Waals surface area (Å²) in [6, 6.07) is 8.20. The zero-order valence-corrected chi connectivity index (χ0v) is 21.9. The lowest BCUT2D eigenvalue weighted by molar-refractivity contribution is -0.389. The number of aryl methyl sites for hydroxylation is 1. The van der Waals surface area contributed by atoms with Crippen LogP contribution in [0.25, 0.3) is 0 Å². The summed E-state index contributed by atoms with van der Waals surface area (Å²) in [5.74, 6) is 0.706. The zero-order valence-electron chi connectivity index (χ0n) is 21.1. The molecule has 0 radical (unpaired) electrons. The van der Waals surface area contributed by atoms with Crippen LogP contribution in [0.5, 0.6) is 0 Å². The van der Waals surface area contributed by atoms with E-state index in [0.717, 1.165) is 38.5 Å². The minimum Gasteiger partial charge on any atom is -0.358 e. The second-order valence-electron chi connectivity index (χ2n) is 11.7. The average Bonchev–Trinajstić information content (AvgIpc) is 3.38. The van der Waals surface area contributed by atoms with Gasteiger partial charge in [0, 0.05) is 12.6 Å². The Labute approximate surface area is 220 Å². The number of hydrogen-bond acceptors (Lipinski definition) is 5. The molecule has 4 fully saturated rings. The van der Waals surface area contributed by atoms with Crippen molar-refractivity contribution in [3.63, 3.8) is 0 Å². The molecule has 194 valence electrons. The van der Waals surface area contributed by atoms with Crippen LogP contribution in [0.1, 0.15) is 61.8 Å². The largest absolute Gasteiger partial charge is 0.408 e. The highest BCUT2D eigenvalue weighted by atomic mass is 35.5. The van der Waals surface area contributed by atoms with Crippen molar-refractivity contribution in [2.24, 2.45) is 17.3 Å². The lowest BCUT2D eigenvalue weighted by Gasteiger charge is -2.61. The Morgan fingerprint density at radius 3 is 2.62 bits per heavy atom. The van der Waals surface area contributed by atoms with Gasteiger partial charge in [0.15, 0.2) is 5.02 Å². The maximum Gasteiger partial charge on any atom is 0.408 e. The van der Waals surface area contributed by atoms with E-state index in [9.17, 15) is 14.9 Å². The van der Waals surface area contributed by atoms with E-state index in [1.54, 1.807) is 6.20 Å². The van der Waals surface area contributed by atoms with Gasteiger partial charge in [-0.3, -0.25) is 9.48 Å². The topological polar surface area (TPSA) is 108 Å². The number of nitrogens with zero attached hydrogens (tertiary/aromatic N) is 5. The highest BCUT2D eigenvalue weighted by Gasteiger charge is 2.60. The number of halogens is 1. The summed E-state index contributed by atoms with van der Waals surface area (Å²) in [6.07, 6.45) is 9.87. The average molecular weight is 523 g/mol. The van der Waals surface area contributed by atoms with Gasteiger partial charge in [-0.15, -0.1) is 0 Å². The van der Waals surface area contributed by atoms with Crippen molar-refractivity contribution in [1.82, 2.24) is 19.6 Å². The Kier molecular flexibility index (Phi) is 5.67. The van der Waals surface area contributed by atoms with Crippen LogP contribution in [0.4, 0.5) is 11.5 Å². The first kappa shape index (κ1) is 24.2. The zero-order chi connectivity index (χ0) is 25.9. The van der Waals surface area contributed by atoms with Crippen molar-refractivity contribution < 1.29 is 9.72 Å². The minimum atomic E-state index is -0.505. The van der Waals surface area contributed by atoms with Gasteiger partial charge in [-0.05, 0) is 85.7 Å². The number of nitro groups is 1. The van der Waals surface area contributed by atoms with E-state index in [2.05, 4.69) is 34.6 Å². The normalized spacial score (nSPS) is 28.0. The van der Waals surface area contributed by atoms with E-state index in [-0.39, 0.29) is 27.7 Å². The lowest BCUT2D eigenvalue weighted by Crippen LogP contribution is -2.57. The SMILES string of the molecule is Cc1ccccc1Cn1cc(NC(=O)CC23CC4CC(C2)CC(n2nc([N+](=O)[O-])c(Cl)c2C)(C4)C3)cn1. The van der Waals surface area contributed by atoms with Gasteiger partial charge in [0.25, 0.3) is 0 Å². The maximum atomic E-state index is 13.3. The third kappa shape index (κ3) is 4.23. The van der Waals surface area contributed by atoms with Crippen LogP contribution in [0, 0.1) is 41.2 Å². The van der Waals surface area contributed by atoms with Gasteiger partial charge >= 0.3 is 5.82 Å². The molecule has 2 heterocycles. The number of rotatable bonds is 7. The molecular formula is C27H31ClN6O3. The molecule has 2 aromatic heterocycles. The summed E-state index contributed by atoms with van der Waals surface area (Å²) in [4.78, 5) is 24.3. The second-order valence-corrected chi connectivity index (χ2v) is 12.0. The highest BCUT2D eigenvalue weighted by Crippen LogP contribution is 2.65. The number of anilines is 1. The monoisotopic (exact) mass is 522 g/mol. The fraction of sp³-hybridized carbons (Fsp3) is 0.519. The number of amides is 1. The smallest absolute Gasteiger partial charge is 0.358 e. The molecule has 4 aliphatic carbocycles. The Bertz CT molecular complexity index is 1380. The molecule has 4 aliphatic rings. The molecule has 9 nitrogen and oxygen atoms in total. The molecule has 1 aromatic carbocycles. The first-order valence-corrected chi connectivity index (χ1v) is 13.3. The van der Waals surface area contributed by atoms with Crippen LogP contribution in [0.15, 0.2) is 36.7 Å². The van der Waals surface area contributed by atoms with Gasteiger partial charge in [-0.25, -0.2) is 0 Å². The number of nitrogens with one attached hydrogen (secondary N) is 1. The van der Waals surface area contributed by atoms with Crippen LogP contribution in [0.2, 0.25) is 5.02 Å². The van der Waals surface area contributed by atoms with Crippen LogP contribution >= 0.6 is 11.6 Å². The summed E-state index contributed by atoms with van der Waals surface area (Å²) >= 11 is 6.32. The molecule has 1 amide bonds. The standard InChI is InChI=1S/C27H31ClN6O3/c1-17-5-3-4-6-21(17)14-32-15-22(13-29-32)30-23(35)12-26-8-19-7-20(9-26)11-27(10-19,16-26)33-18(2)24(28)25(31-33)34(36)37/h3-6,13,15,19-20H,7-12,14,16H2,1-2H3,(H,30,35). The van der Waals surface area contributed by atoms with Crippen LogP contribution in [0.3, 0.4) is 0 Å². The molecule has 4 bridgehead atoms. The summed E-state index contributed by atoms with van der Waals surface area (Å²) in [5, 5.41) is 23.5. The Balaban J connectivity index is 1.19. The predicted octanol–water partition coefficient (Wildman–Crippen LogP) is 5.63. The fourth-order valence-electron chi connectivity index (χ4n) is 7.93. The van der Waals surface area contributed by atoms with Crippen molar-refractivity contribution in [3.05, 3.63) is 68.6 Å². The maximum absolute atomic E-state index is 13.3. The molecule has 37 heavy (non-hydrogen) atoms. The van der Waals surface area contributed by atoms with Gasteiger partial charge in [0.2, 0.25) is 5.91 Å². The van der Waals surface area contributed by atoms with Gasteiger partial charge in [0.1, 0.15) is 0 Å². The van der Waals surface area contributed by atoms with Crippen molar-refractivity contribution in [3.8, 4) is 0 Å². The molecule has 0 spiro atoms. The van der Waals surface area contributed by atoms with Crippen molar-refractivity contribution in [1.29, 1.82) is 0 Å². The number of aromatic nitrogens is 4. The third-order valence-corrected chi connectivity index (χ3v) is 9.29. The molecule has 0 saturated heterocycles. The van der Waals surface area contributed by atoms with Gasteiger partial charge in [-0.2, -0.15) is 9.78 Å². The number of benzene rings is 1. The highest BCUT2D eigenvalue weighted by molar-refractivity contribution is 6.33. The number of carbonyl (C=O) groups is 1. The van der Waals surface area contributed by atoms with Gasteiger partial charge in [-0.1, -0.05) is 35.9 Å². The van der Waals surface area contributed by atoms with E-state index < -0.39 is 4.92 Å². The van der Waals surface area contributed by atoms with E-state index >= 15 is 0 Å². The lowest BCUT2D eigenvalue weighted by atomic mass is 9.46. The van der Waals surface area contributed by atoms with Crippen molar-refractivity contribution in [2.45, 2.75) is 70.9 Å². The molecule has 3 aromatic rings. The summed E-state index contributed by atoms with van der Waals surface area (Å²) in [6.45, 7) is 4.54. The first-order valence-electron chi connectivity index (χ1n) is 12.9. The minimum absolute atomic E-state index is 0.00579. The quantitative estimate of drug-likeness (QED) is 0.319. The third-order valence-electron chi connectivity index (χ3n) is 8.85. The van der Waals surface area contributed by atoms with E-state index in [0.29, 0.717) is 36.2 Å². The summed E-state index contributed by atoms with van der Waals surface area (Å²) < 4.78 is 3.68. The number of carbonyl (C=O) groups excluding carboxylic acids is 1. The Morgan fingerprint density at radius 1 is 1.22 bits per heavy atom. The molecule has 2 unspecified atom stereocenters. The fourth-order valence-corrected chi connectivity index (χ4v) is 8.11. The van der Waals surface area contributed by atoms with Crippen LogP contribution in [-0.4, -0.2) is 30.4 Å². The molecular weight excluding hydrogens is 492 g/mol. The molecule has 2 atom stereocenters. The van der Waals surface area contributed by atoms with E-state index in [1.165, 1.54) is 11.1 Å². The molecule has 1 N–H and O–H groups in total. The van der Waals surface area contributed by atoms with Crippen molar-refractivity contribution in [2.75, 3.05) is 5.32 Å². The van der Waals surface area contributed by atoms with Gasteiger partial charge in [0.05, 0.1) is 34.8 Å².